The number of benzene rings is 1. The van der Waals surface area contributed by atoms with Gasteiger partial charge in [-0.2, -0.15) is 0 Å². The van der Waals surface area contributed by atoms with Crippen LogP contribution in [0.4, 0.5) is 0 Å². The summed E-state index contributed by atoms with van der Waals surface area (Å²) < 4.78 is 5.36. The van der Waals surface area contributed by atoms with Crippen LogP contribution in [-0.2, 0) is 9.59 Å². The van der Waals surface area contributed by atoms with Gasteiger partial charge in [-0.25, -0.2) is 0 Å². The number of hydrogen-bond acceptors (Lipinski definition) is 5. The maximum Gasteiger partial charge on any atom is 0.323 e. The molecule has 0 aliphatic carbocycles. The Balaban J connectivity index is 2.25. The molecule has 1 aromatic carbocycles. The summed E-state index contributed by atoms with van der Waals surface area (Å²) in [5, 5.41) is 8.75. The third-order valence-electron chi connectivity index (χ3n) is 2.56. The summed E-state index contributed by atoms with van der Waals surface area (Å²) in [7, 11) is 1.56. The molecular formula is C13H11NO4S2. The SMILES string of the molecule is COc1cccc(/C=C2\SC(=S)N(CC(=O)O)C2=O)c1. The fourth-order valence-corrected chi connectivity index (χ4v) is 2.91. The van der Waals surface area contributed by atoms with Crippen molar-refractivity contribution in [1.82, 2.24) is 4.90 Å². The maximum atomic E-state index is 12.1. The molecule has 0 bridgehead atoms. The van der Waals surface area contributed by atoms with Crippen LogP contribution in [0.1, 0.15) is 5.56 Å². The summed E-state index contributed by atoms with van der Waals surface area (Å²) in [6.45, 7) is -0.417. The molecule has 20 heavy (non-hydrogen) atoms. The Morgan fingerprint density at radius 2 is 2.30 bits per heavy atom. The van der Waals surface area contributed by atoms with Gasteiger partial charge in [0, 0.05) is 0 Å². The number of nitrogens with zero attached hydrogens (tertiary/aromatic N) is 1. The van der Waals surface area contributed by atoms with Gasteiger partial charge in [-0.1, -0.05) is 36.1 Å². The average molecular weight is 309 g/mol. The predicted octanol–water partition coefficient (Wildman–Crippen LogP) is 1.98. The molecule has 1 heterocycles. The zero-order valence-electron chi connectivity index (χ0n) is 10.5. The Bertz CT molecular complexity index is 612. The molecular weight excluding hydrogens is 298 g/mol. The number of amides is 1. The van der Waals surface area contributed by atoms with Crippen molar-refractivity contribution >= 4 is 46.3 Å². The van der Waals surface area contributed by atoms with E-state index in [1.165, 1.54) is 0 Å². The predicted molar refractivity (Wildman–Crippen MR) is 80.5 cm³/mol. The van der Waals surface area contributed by atoms with Crippen LogP contribution in [-0.4, -0.2) is 39.9 Å². The van der Waals surface area contributed by atoms with Crippen molar-refractivity contribution in [2.45, 2.75) is 0 Å². The lowest BCUT2D eigenvalue weighted by molar-refractivity contribution is -0.140. The third-order valence-corrected chi connectivity index (χ3v) is 3.94. The van der Waals surface area contributed by atoms with Gasteiger partial charge in [0.2, 0.25) is 0 Å². The van der Waals surface area contributed by atoms with Gasteiger partial charge in [0.05, 0.1) is 12.0 Å². The van der Waals surface area contributed by atoms with E-state index in [1.54, 1.807) is 25.3 Å². The number of methoxy groups -OCH3 is 1. The first-order chi connectivity index (χ1) is 9.51. The van der Waals surface area contributed by atoms with E-state index < -0.39 is 12.5 Å². The monoisotopic (exact) mass is 309 g/mol. The molecule has 0 saturated carbocycles. The Labute approximate surface area is 125 Å². The zero-order chi connectivity index (χ0) is 14.7. The van der Waals surface area contributed by atoms with E-state index in [0.29, 0.717) is 10.7 Å². The number of carboxylic acid groups (broad SMARTS) is 1. The highest BCUT2D eigenvalue weighted by molar-refractivity contribution is 8.26. The molecule has 1 N–H and O–H groups in total. The Morgan fingerprint density at radius 1 is 1.55 bits per heavy atom. The van der Waals surface area contributed by atoms with E-state index in [2.05, 4.69) is 0 Å². The first-order valence-corrected chi connectivity index (χ1v) is 6.85. The van der Waals surface area contributed by atoms with E-state index in [1.807, 2.05) is 12.1 Å². The second-order valence-electron chi connectivity index (χ2n) is 3.94. The summed E-state index contributed by atoms with van der Waals surface area (Å²) in [5.74, 6) is -0.797. The van der Waals surface area contributed by atoms with Gasteiger partial charge in [0.15, 0.2) is 0 Å². The van der Waals surface area contributed by atoms with E-state index in [4.69, 9.17) is 22.1 Å². The third kappa shape index (κ3) is 3.17. The van der Waals surface area contributed by atoms with E-state index in [-0.39, 0.29) is 10.2 Å². The van der Waals surface area contributed by atoms with Gasteiger partial charge in [-0.15, -0.1) is 0 Å². The molecule has 1 aliphatic rings. The van der Waals surface area contributed by atoms with Crippen LogP contribution >= 0.6 is 24.0 Å². The lowest BCUT2D eigenvalue weighted by atomic mass is 10.2. The molecule has 1 saturated heterocycles. The standard InChI is InChI=1S/C13H11NO4S2/c1-18-9-4-2-3-8(5-9)6-10-12(17)14(7-11(15)16)13(19)20-10/h2-6H,7H2,1H3,(H,15,16)/b10-6-. The largest absolute Gasteiger partial charge is 0.497 e. The van der Waals surface area contributed by atoms with Crippen molar-refractivity contribution in [3.63, 3.8) is 0 Å². The number of carboxylic acids is 1. The highest BCUT2D eigenvalue weighted by atomic mass is 32.2. The van der Waals surface area contributed by atoms with Crippen molar-refractivity contribution in [3.8, 4) is 5.75 Å². The molecule has 0 aromatic heterocycles. The first-order valence-electron chi connectivity index (χ1n) is 5.62. The number of thioether (sulfide) groups is 1. The Morgan fingerprint density at radius 3 is 2.95 bits per heavy atom. The summed E-state index contributed by atoms with van der Waals surface area (Å²) >= 11 is 6.11. The number of hydrogen-bond donors (Lipinski definition) is 1. The second kappa shape index (κ2) is 6.06. The van der Waals surface area contributed by atoms with Crippen LogP contribution in [0.5, 0.6) is 5.75 Å². The number of carbonyl (C=O) groups is 2. The van der Waals surface area contributed by atoms with Crippen LogP contribution in [0, 0.1) is 0 Å². The van der Waals surface area contributed by atoms with Gasteiger partial charge in [0.1, 0.15) is 16.6 Å². The number of thiocarbonyl (C=S) groups is 1. The lowest BCUT2D eigenvalue weighted by Crippen LogP contribution is -2.33. The van der Waals surface area contributed by atoms with Crippen LogP contribution in [0.2, 0.25) is 0 Å². The number of rotatable bonds is 4. The van der Waals surface area contributed by atoms with Crippen molar-refractivity contribution < 1.29 is 19.4 Å². The van der Waals surface area contributed by atoms with Crippen molar-refractivity contribution in [1.29, 1.82) is 0 Å². The van der Waals surface area contributed by atoms with Gasteiger partial charge in [0.25, 0.3) is 5.91 Å². The molecule has 104 valence electrons. The van der Waals surface area contributed by atoms with E-state index >= 15 is 0 Å². The van der Waals surface area contributed by atoms with Gasteiger partial charge in [-0.05, 0) is 23.8 Å². The normalized spacial score (nSPS) is 16.9. The summed E-state index contributed by atoms with van der Waals surface area (Å²) in [6.07, 6.45) is 1.67. The minimum Gasteiger partial charge on any atom is -0.497 e. The zero-order valence-corrected chi connectivity index (χ0v) is 12.2. The summed E-state index contributed by atoms with van der Waals surface area (Å²) in [6, 6.07) is 7.21. The first kappa shape index (κ1) is 14.5. The quantitative estimate of drug-likeness (QED) is 0.677. The van der Waals surface area contributed by atoms with E-state index in [0.717, 1.165) is 22.2 Å². The van der Waals surface area contributed by atoms with Gasteiger partial charge >= 0.3 is 5.97 Å². The molecule has 5 nitrogen and oxygen atoms in total. The Kier molecular flexibility index (Phi) is 4.41. The molecule has 0 atom stereocenters. The fraction of sp³-hybridized carbons (Fsp3) is 0.154. The number of ether oxygens (including phenoxy) is 1. The highest BCUT2D eigenvalue weighted by Crippen LogP contribution is 2.32. The molecule has 0 radical (unpaired) electrons. The van der Waals surface area contributed by atoms with Gasteiger partial charge < -0.3 is 9.84 Å². The van der Waals surface area contributed by atoms with E-state index in [9.17, 15) is 9.59 Å². The van der Waals surface area contributed by atoms with Crippen LogP contribution in [0.3, 0.4) is 0 Å². The van der Waals surface area contributed by atoms with Gasteiger partial charge in [-0.3, -0.25) is 14.5 Å². The summed E-state index contributed by atoms with van der Waals surface area (Å²) in [5.41, 5.74) is 0.792. The van der Waals surface area contributed by atoms with Crippen LogP contribution in [0.15, 0.2) is 29.2 Å². The summed E-state index contributed by atoms with van der Waals surface area (Å²) in [4.78, 5) is 24.2. The van der Waals surface area contributed by atoms with Crippen molar-refractivity contribution in [3.05, 3.63) is 34.7 Å². The molecule has 1 aliphatic heterocycles. The van der Waals surface area contributed by atoms with Crippen molar-refractivity contribution in [2.24, 2.45) is 0 Å². The lowest BCUT2D eigenvalue weighted by Gasteiger charge is -2.10. The molecule has 2 rings (SSSR count). The minimum atomic E-state index is -1.09. The highest BCUT2D eigenvalue weighted by Gasteiger charge is 2.33. The van der Waals surface area contributed by atoms with Crippen molar-refractivity contribution in [2.75, 3.05) is 13.7 Å². The number of aliphatic carboxylic acids is 1. The fourth-order valence-electron chi connectivity index (χ4n) is 1.65. The Hall–Kier alpha value is -1.86. The maximum absolute atomic E-state index is 12.1. The van der Waals surface area contributed by atoms with Crippen LogP contribution in [0.25, 0.3) is 6.08 Å². The number of carbonyl (C=O) groups excluding carboxylic acids is 1. The average Bonchev–Trinajstić information content (AvgIpc) is 2.66. The molecule has 0 unspecified atom stereocenters. The molecule has 0 spiro atoms. The second-order valence-corrected chi connectivity index (χ2v) is 5.61. The molecule has 1 aromatic rings. The topological polar surface area (TPSA) is 66.8 Å². The molecule has 7 heteroatoms. The minimum absolute atomic E-state index is 0.256. The smallest absolute Gasteiger partial charge is 0.323 e. The molecule has 1 fully saturated rings. The molecule has 1 amide bonds. The van der Waals surface area contributed by atoms with Crippen LogP contribution < -0.4 is 4.74 Å².